The summed E-state index contributed by atoms with van der Waals surface area (Å²) < 4.78 is 1.71. The Bertz CT molecular complexity index is 1010. The maximum atomic E-state index is 12.4. The number of para-hydroxylation sites is 1. The first-order valence-corrected chi connectivity index (χ1v) is 8.77. The fraction of sp³-hybridized carbons (Fsp3) is 0.286. The Kier molecular flexibility index (Phi) is 5.16. The second-order valence-electron chi connectivity index (χ2n) is 6.65. The monoisotopic (exact) mass is 349 g/mol. The van der Waals surface area contributed by atoms with Gasteiger partial charge in [-0.15, -0.1) is 0 Å². The molecular weight excluding hydrogens is 326 g/mol. The second-order valence-corrected chi connectivity index (χ2v) is 6.65. The molecule has 5 nitrogen and oxygen atoms in total. The summed E-state index contributed by atoms with van der Waals surface area (Å²) in [5.41, 5.74) is 4.11. The average molecular weight is 349 g/mol. The van der Waals surface area contributed by atoms with Gasteiger partial charge in [-0.3, -0.25) is 14.3 Å². The van der Waals surface area contributed by atoms with E-state index in [4.69, 9.17) is 0 Å². The molecule has 0 aliphatic rings. The second kappa shape index (κ2) is 7.52. The molecule has 5 heteroatoms. The molecule has 2 aromatic carbocycles. The van der Waals surface area contributed by atoms with Gasteiger partial charge in [0.2, 0.25) is 11.3 Å². The van der Waals surface area contributed by atoms with Gasteiger partial charge < -0.3 is 5.32 Å². The zero-order valence-electron chi connectivity index (χ0n) is 15.3. The lowest BCUT2D eigenvalue weighted by Gasteiger charge is -2.17. The number of fused-ring (bicyclic) bond motifs is 1. The van der Waals surface area contributed by atoms with Gasteiger partial charge in [0.15, 0.2) is 0 Å². The van der Waals surface area contributed by atoms with Gasteiger partial charge in [-0.2, -0.15) is 5.10 Å². The lowest BCUT2D eigenvalue weighted by molar-refractivity contribution is -0.122. The number of aromatic nitrogens is 2. The Labute approximate surface area is 152 Å². The number of aryl methyl sites for hydroxylation is 3. The van der Waals surface area contributed by atoms with Crippen molar-refractivity contribution in [2.75, 3.05) is 0 Å². The third-order valence-electron chi connectivity index (χ3n) is 4.59. The van der Waals surface area contributed by atoms with Crippen LogP contribution in [-0.2, 0) is 11.3 Å². The standard InChI is InChI=1S/C21H23N3O2/c1-14-8-9-15(2)18(12-14)16(3)23-21(26)10-11-24-19-7-5-4-6-17(19)20(25)13-22-24/h4-9,12-13,16H,10-11H2,1-3H3,(H,23,26)/t16-/m0/s1. The van der Waals surface area contributed by atoms with E-state index in [1.807, 2.05) is 39.0 Å². The summed E-state index contributed by atoms with van der Waals surface area (Å²) in [5, 5.41) is 7.83. The first kappa shape index (κ1) is 17.9. The maximum Gasteiger partial charge on any atom is 0.222 e. The highest BCUT2D eigenvalue weighted by Crippen LogP contribution is 2.19. The number of hydrogen-bond donors (Lipinski definition) is 1. The molecule has 134 valence electrons. The SMILES string of the molecule is Cc1ccc(C)c([C@H](C)NC(=O)CCn2ncc(=O)c3ccccc32)c1. The van der Waals surface area contributed by atoms with Crippen molar-refractivity contribution >= 4 is 16.8 Å². The largest absolute Gasteiger partial charge is 0.350 e. The van der Waals surface area contributed by atoms with Crippen molar-refractivity contribution in [3.63, 3.8) is 0 Å². The first-order chi connectivity index (χ1) is 12.5. The van der Waals surface area contributed by atoms with Crippen LogP contribution in [0.4, 0.5) is 0 Å². The number of nitrogens with one attached hydrogen (secondary N) is 1. The molecule has 0 fully saturated rings. The molecule has 0 aliphatic carbocycles. The number of rotatable bonds is 5. The van der Waals surface area contributed by atoms with Gasteiger partial charge in [-0.1, -0.05) is 35.9 Å². The van der Waals surface area contributed by atoms with E-state index < -0.39 is 0 Å². The zero-order chi connectivity index (χ0) is 18.7. The van der Waals surface area contributed by atoms with Crippen molar-refractivity contribution in [1.82, 2.24) is 15.1 Å². The van der Waals surface area contributed by atoms with E-state index in [9.17, 15) is 9.59 Å². The van der Waals surface area contributed by atoms with Gasteiger partial charge >= 0.3 is 0 Å². The molecule has 0 saturated heterocycles. The number of benzene rings is 2. The molecule has 0 aliphatic heterocycles. The quantitative estimate of drug-likeness (QED) is 0.769. The summed E-state index contributed by atoms with van der Waals surface area (Å²) in [7, 11) is 0. The molecular formula is C21H23N3O2. The Morgan fingerprint density at radius 1 is 1.19 bits per heavy atom. The molecule has 0 unspecified atom stereocenters. The molecule has 0 bridgehead atoms. The molecule has 26 heavy (non-hydrogen) atoms. The normalized spacial score (nSPS) is 12.1. The molecule has 3 aromatic rings. The molecule has 0 radical (unpaired) electrons. The van der Waals surface area contributed by atoms with Crippen LogP contribution < -0.4 is 10.7 Å². The van der Waals surface area contributed by atoms with Crippen LogP contribution in [0.5, 0.6) is 0 Å². The van der Waals surface area contributed by atoms with Gasteiger partial charge in [0.05, 0.1) is 24.3 Å². The fourth-order valence-electron chi connectivity index (χ4n) is 3.16. The summed E-state index contributed by atoms with van der Waals surface area (Å²) in [6.45, 7) is 6.51. The van der Waals surface area contributed by atoms with Gasteiger partial charge in [-0.25, -0.2) is 0 Å². The minimum atomic E-state index is -0.107. The van der Waals surface area contributed by atoms with Crippen LogP contribution in [0.3, 0.4) is 0 Å². The van der Waals surface area contributed by atoms with Crippen molar-refractivity contribution in [3.8, 4) is 0 Å². The van der Waals surface area contributed by atoms with E-state index in [1.54, 1.807) is 10.7 Å². The van der Waals surface area contributed by atoms with Gasteiger partial charge in [0, 0.05) is 11.8 Å². The van der Waals surface area contributed by atoms with Crippen LogP contribution in [0.15, 0.2) is 53.5 Å². The van der Waals surface area contributed by atoms with Crippen LogP contribution in [0, 0.1) is 13.8 Å². The third-order valence-corrected chi connectivity index (χ3v) is 4.59. The summed E-state index contributed by atoms with van der Waals surface area (Å²) >= 11 is 0. The summed E-state index contributed by atoms with van der Waals surface area (Å²) in [6.07, 6.45) is 1.61. The molecule has 0 saturated carbocycles. The summed E-state index contributed by atoms with van der Waals surface area (Å²) in [4.78, 5) is 24.3. The van der Waals surface area contributed by atoms with E-state index in [0.29, 0.717) is 18.4 Å². The number of carbonyl (C=O) groups is 1. The van der Waals surface area contributed by atoms with E-state index >= 15 is 0 Å². The summed E-state index contributed by atoms with van der Waals surface area (Å²) in [6, 6.07) is 13.5. The predicted molar refractivity (Wildman–Crippen MR) is 103 cm³/mol. The minimum absolute atomic E-state index is 0.0389. The van der Waals surface area contributed by atoms with Crippen molar-refractivity contribution in [3.05, 3.63) is 75.6 Å². The van der Waals surface area contributed by atoms with Crippen LogP contribution in [0.25, 0.3) is 10.9 Å². The van der Waals surface area contributed by atoms with Crippen LogP contribution in [0.1, 0.15) is 36.1 Å². The Morgan fingerprint density at radius 3 is 2.77 bits per heavy atom. The van der Waals surface area contributed by atoms with Crippen molar-refractivity contribution in [1.29, 1.82) is 0 Å². The lowest BCUT2D eigenvalue weighted by atomic mass is 10.00. The molecule has 0 spiro atoms. The van der Waals surface area contributed by atoms with Gasteiger partial charge in [-0.05, 0) is 44.0 Å². The number of amides is 1. The first-order valence-electron chi connectivity index (χ1n) is 8.77. The molecule has 1 aromatic heterocycles. The topological polar surface area (TPSA) is 64.0 Å². The van der Waals surface area contributed by atoms with Gasteiger partial charge in [0.25, 0.3) is 0 Å². The van der Waals surface area contributed by atoms with Crippen molar-refractivity contribution in [2.45, 2.75) is 39.8 Å². The zero-order valence-corrected chi connectivity index (χ0v) is 15.3. The van der Waals surface area contributed by atoms with E-state index in [1.165, 1.54) is 11.8 Å². The number of hydrogen-bond acceptors (Lipinski definition) is 3. The molecule has 1 N–H and O–H groups in total. The Hall–Kier alpha value is -2.95. The highest BCUT2D eigenvalue weighted by atomic mass is 16.1. The third kappa shape index (κ3) is 3.82. The maximum absolute atomic E-state index is 12.4. The highest BCUT2D eigenvalue weighted by Gasteiger charge is 2.12. The predicted octanol–water partition coefficient (Wildman–Crippen LogP) is 3.28. The molecule has 1 atom stereocenters. The minimum Gasteiger partial charge on any atom is -0.350 e. The average Bonchev–Trinajstić information content (AvgIpc) is 2.63. The number of nitrogens with zero attached hydrogens (tertiary/aromatic N) is 2. The van der Waals surface area contributed by atoms with Crippen molar-refractivity contribution in [2.24, 2.45) is 0 Å². The van der Waals surface area contributed by atoms with Crippen LogP contribution in [0.2, 0.25) is 0 Å². The fourth-order valence-corrected chi connectivity index (χ4v) is 3.16. The van der Waals surface area contributed by atoms with E-state index in [2.05, 4.69) is 28.6 Å². The van der Waals surface area contributed by atoms with Crippen molar-refractivity contribution < 1.29 is 4.79 Å². The lowest BCUT2D eigenvalue weighted by Crippen LogP contribution is -2.28. The van der Waals surface area contributed by atoms with Gasteiger partial charge in [0.1, 0.15) is 0 Å². The molecule has 1 heterocycles. The highest BCUT2D eigenvalue weighted by molar-refractivity contribution is 5.79. The summed E-state index contributed by atoms with van der Waals surface area (Å²) in [5.74, 6) is -0.0389. The Balaban J connectivity index is 1.69. The van der Waals surface area contributed by atoms with Crippen LogP contribution in [-0.4, -0.2) is 15.7 Å². The van der Waals surface area contributed by atoms with Crippen LogP contribution >= 0.6 is 0 Å². The molecule has 1 amide bonds. The van der Waals surface area contributed by atoms with E-state index in [0.717, 1.165) is 16.6 Å². The molecule has 3 rings (SSSR count). The van der Waals surface area contributed by atoms with E-state index in [-0.39, 0.29) is 17.4 Å². The smallest absolute Gasteiger partial charge is 0.222 e. The Morgan fingerprint density at radius 2 is 1.96 bits per heavy atom. The number of carbonyl (C=O) groups excluding carboxylic acids is 1.